The van der Waals surface area contributed by atoms with E-state index in [1.807, 2.05) is 0 Å². The van der Waals surface area contributed by atoms with E-state index in [0.29, 0.717) is 5.92 Å². The molecule has 0 spiro atoms. The van der Waals surface area contributed by atoms with Gasteiger partial charge in [-0.25, -0.2) is 0 Å². The lowest BCUT2D eigenvalue weighted by molar-refractivity contribution is -0.139. The molecule has 2 aliphatic rings. The lowest BCUT2D eigenvalue weighted by atomic mass is 10.1. The third kappa shape index (κ3) is 2.23. The van der Waals surface area contributed by atoms with Crippen LogP contribution in [0.3, 0.4) is 0 Å². The van der Waals surface area contributed by atoms with E-state index in [1.165, 1.54) is 0 Å². The first kappa shape index (κ1) is 11.9. The number of hydrogen-bond acceptors (Lipinski definition) is 3. The van der Waals surface area contributed by atoms with E-state index in [1.54, 1.807) is 0 Å². The fourth-order valence-corrected chi connectivity index (χ4v) is 2.92. The number of nitrogens with zero attached hydrogens (tertiary/aromatic N) is 1. The monoisotopic (exact) mass is 227 g/mol. The zero-order valence-corrected chi connectivity index (χ0v) is 10.1. The molecule has 0 aromatic carbocycles. The van der Waals surface area contributed by atoms with Gasteiger partial charge in [0.1, 0.15) is 0 Å². The molecule has 2 atom stereocenters. The molecule has 1 N–H and O–H groups in total. The summed E-state index contributed by atoms with van der Waals surface area (Å²) in [7, 11) is 0. The van der Waals surface area contributed by atoms with Gasteiger partial charge in [0.25, 0.3) is 0 Å². The van der Waals surface area contributed by atoms with Crippen molar-refractivity contribution in [3.8, 4) is 0 Å². The van der Waals surface area contributed by atoms with E-state index in [2.05, 4.69) is 18.7 Å². The second kappa shape index (κ2) is 4.34. The maximum absolute atomic E-state index is 11.0. The molecule has 0 bridgehead atoms. The van der Waals surface area contributed by atoms with Crippen molar-refractivity contribution >= 4 is 5.97 Å². The van der Waals surface area contributed by atoms with E-state index < -0.39 is 5.97 Å². The first-order chi connectivity index (χ1) is 7.53. The Balaban J connectivity index is 1.76. The number of hydrogen-bond donors (Lipinski definition) is 1. The number of carboxylic acid groups (broad SMARTS) is 1. The molecule has 1 saturated carbocycles. The summed E-state index contributed by atoms with van der Waals surface area (Å²) in [6.07, 6.45) is 1.00. The molecule has 4 nitrogen and oxygen atoms in total. The highest BCUT2D eigenvalue weighted by Gasteiger charge is 2.61. The Kier molecular flexibility index (Phi) is 3.22. The summed E-state index contributed by atoms with van der Waals surface area (Å²) >= 11 is 0. The molecule has 2 fully saturated rings. The Morgan fingerprint density at radius 1 is 1.44 bits per heavy atom. The molecule has 1 aliphatic heterocycles. The fraction of sp³-hybridized carbons (Fsp3) is 0.917. The van der Waals surface area contributed by atoms with Crippen LogP contribution >= 0.6 is 0 Å². The van der Waals surface area contributed by atoms with Crippen molar-refractivity contribution in [2.45, 2.75) is 20.3 Å². The predicted octanol–water partition coefficient (Wildman–Crippen LogP) is 1.07. The third-order valence-corrected chi connectivity index (χ3v) is 4.18. The Bertz CT molecular complexity index is 271. The predicted molar refractivity (Wildman–Crippen MR) is 60.3 cm³/mol. The van der Waals surface area contributed by atoms with Crippen LogP contribution in [0, 0.1) is 17.3 Å². The van der Waals surface area contributed by atoms with Gasteiger partial charge in [-0.3, -0.25) is 9.69 Å². The van der Waals surface area contributed by atoms with Crippen molar-refractivity contribution in [3.05, 3.63) is 0 Å². The van der Waals surface area contributed by atoms with Crippen LogP contribution < -0.4 is 0 Å². The Hall–Kier alpha value is -0.610. The van der Waals surface area contributed by atoms with Gasteiger partial charge < -0.3 is 9.84 Å². The summed E-state index contributed by atoms with van der Waals surface area (Å²) in [5, 5.41) is 9.06. The molecule has 0 aromatic rings. The van der Waals surface area contributed by atoms with Crippen LogP contribution in [0.15, 0.2) is 0 Å². The zero-order valence-electron chi connectivity index (χ0n) is 10.1. The number of aliphatic carboxylic acids is 1. The van der Waals surface area contributed by atoms with Crippen LogP contribution in [0.1, 0.15) is 20.3 Å². The van der Waals surface area contributed by atoms with Crippen molar-refractivity contribution in [1.82, 2.24) is 4.90 Å². The number of ether oxygens (including phenoxy) is 1. The summed E-state index contributed by atoms with van der Waals surface area (Å²) in [6, 6.07) is 0. The highest BCUT2D eigenvalue weighted by atomic mass is 16.5. The molecule has 1 aliphatic carbocycles. The average molecular weight is 227 g/mol. The standard InChI is InChI=1S/C12H21NO3/c1-12(2)9(10(12)11(14)15)3-4-13-5-7-16-8-6-13/h9-10H,3-8H2,1-2H3,(H,14,15)/t9-,10+/m1/s1. The van der Waals surface area contributed by atoms with Crippen molar-refractivity contribution in [2.75, 3.05) is 32.8 Å². The zero-order chi connectivity index (χ0) is 11.8. The molecular weight excluding hydrogens is 206 g/mol. The Morgan fingerprint density at radius 3 is 2.56 bits per heavy atom. The molecule has 1 heterocycles. The molecule has 1 saturated heterocycles. The van der Waals surface area contributed by atoms with E-state index >= 15 is 0 Å². The normalized spacial score (nSPS) is 33.6. The van der Waals surface area contributed by atoms with E-state index in [-0.39, 0.29) is 11.3 Å². The summed E-state index contributed by atoms with van der Waals surface area (Å²) in [5.74, 6) is -0.404. The first-order valence-electron chi connectivity index (χ1n) is 6.06. The smallest absolute Gasteiger partial charge is 0.307 e. The average Bonchev–Trinajstić information content (AvgIpc) is 2.79. The van der Waals surface area contributed by atoms with Gasteiger partial charge in [-0.05, 0) is 24.3 Å². The maximum atomic E-state index is 11.0. The van der Waals surface area contributed by atoms with E-state index in [9.17, 15) is 4.79 Å². The SMILES string of the molecule is CC1(C)[C@H](CCN2CCOCC2)[C@H]1C(=O)O. The highest BCUT2D eigenvalue weighted by Crippen LogP contribution is 2.59. The van der Waals surface area contributed by atoms with Crippen molar-refractivity contribution < 1.29 is 14.6 Å². The molecule has 2 rings (SSSR count). The van der Waals surface area contributed by atoms with Gasteiger partial charge in [0, 0.05) is 13.1 Å². The molecule has 16 heavy (non-hydrogen) atoms. The van der Waals surface area contributed by atoms with Crippen LogP contribution in [-0.2, 0) is 9.53 Å². The summed E-state index contributed by atoms with van der Waals surface area (Å²) in [6.45, 7) is 8.76. The minimum Gasteiger partial charge on any atom is -0.481 e. The first-order valence-corrected chi connectivity index (χ1v) is 6.06. The second-order valence-electron chi connectivity index (χ2n) is 5.49. The Morgan fingerprint density at radius 2 is 2.06 bits per heavy atom. The number of rotatable bonds is 4. The minimum atomic E-state index is -0.628. The molecule has 92 valence electrons. The third-order valence-electron chi connectivity index (χ3n) is 4.18. The van der Waals surface area contributed by atoms with Crippen LogP contribution in [0.5, 0.6) is 0 Å². The minimum absolute atomic E-state index is 0.00186. The van der Waals surface area contributed by atoms with Crippen molar-refractivity contribution in [2.24, 2.45) is 17.3 Å². The largest absolute Gasteiger partial charge is 0.481 e. The summed E-state index contributed by atoms with van der Waals surface area (Å²) in [4.78, 5) is 13.4. The van der Waals surface area contributed by atoms with Gasteiger partial charge in [-0.15, -0.1) is 0 Å². The molecule has 0 amide bonds. The maximum Gasteiger partial charge on any atom is 0.307 e. The Labute approximate surface area is 96.6 Å². The molecule has 4 heteroatoms. The molecule has 0 radical (unpaired) electrons. The van der Waals surface area contributed by atoms with Gasteiger partial charge in [0.15, 0.2) is 0 Å². The number of morpholine rings is 1. The van der Waals surface area contributed by atoms with Gasteiger partial charge in [-0.1, -0.05) is 13.8 Å². The van der Waals surface area contributed by atoms with Crippen molar-refractivity contribution in [3.63, 3.8) is 0 Å². The van der Waals surface area contributed by atoms with Crippen LogP contribution in [0.4, 0.5) is 0 Å². The van der Waals surface area contributed by atoms with E-state index in [0.717, 1.165) is 39.3 Å². The van der Waals surface area contributed by atoms with Gasteiger partial charge >= 0.3 is 5.97 Å². The summed E-state index contributed by atoms with van der Waals surface area (Å²) < 4.78 is 5.29. The molecular formula is C12H21NO3. The fourth-order valence-electron chi connectivity index (χ4n) is 2.92. The van der Waals surface area contributed by atoms with Crippen LogP contribution in [0.25, 0.3) is 0 Å². The number of carbonyl (C=O) groups is 1. The van der Waals surface area contributed by atoms with Gasteiger partial charge in [0.2, 0.25) is 0 Å². The second-order valence-corrected chi connectivity index (χ2v) is 5.49. The lowest BCUT2D eigenvalue weighted by Crippen LogP contribution is -2.37. The highest BCUT2D eigenvalue weighted by molar-refractivity contribution is 5.75. The lowest BCUT2D eigenvalue weighted by Gasteiger charge is -2.26. The molecule has 0 unspecified atom stereocenters. The summed E-state index contributed by atoms with van der Waals surface area (Å²) in [5.41, 5.74) is -0.00186. The van der Waals surface area contributed by atoms with E-state index in [4.69, 9.17) is 9.84 Å². The van der Waals surface area contributed by atoms with Crippen LogP contribution in [-0.4, -0.2) is 48.8 Å². The topological polar surface area (TPSA) is 49.8 Å². The van der Waals surface area contributed by atoms with Crippen LogP contribution in [0.2, 0.25) is 0 Å². The van der Waals surface area contributed by atoms with Crippen molar-refractivity contribution in [1.29, 1.82) is 0 Å². The number of carboxylic acids is 1. The quantitative estimate of drug-likeness (QED) is 0.780. The van der Waals surface area contributed by atoms with Gasteiger partial charge in [-0.2, -0.15) is 0 Å². The van der Waals surface area contributed by atoms with Gasteiger partial charge in [0.05, 0.1) is 19.1 Å². The molecule has 0 aromatic heterocycles.